The van der Waals surface area contributed by atoms with Crippen LogP contribution in [0, 0.1) is 5.92 Å². The summed E-state index contributed by atoms with van der Waals surface area (Å²) in [5, 5.41) is 5.93. The number of nitrogens with zero attached hydrogens (tertiary/aromatic N) is 1. The predicted octanol–water partition coefficient (Wildman–Crippen LogP) is 5.22. The third kappa shape index (κ3) is 5.83. The van der Waals surface area contributed by atoms with E-state index >= 15 is 0 Å². The zero-order chi connectivity index (χ0) is 20.6. The molecule has 1 heterocycles. The van der Waals surface area contributed by atoms with Crippen LogP contribution in [0.25, 0.3) is 0 Å². The second-order valence-electron chi connectivity index (χ2n) is 8.01. The van der Waals surface area contributed by atoms with Gasteiger partial charge >= 0.3 is 6.03 Å². The number of rotatable bonds is 5. The van der Waals surface area contributed by atoms with Crippen LogP contribution in [-0.4, -0.2) is 29.9 Å². The Bertz CT molecular complexity index is 795. The molecular formula is C24H31N3O2. The van der Waals surface area contributed by atoms with Crippen molar-refractivity contribution in [2.24, 2.45) is 5.92 Å². The monoisotopic (exact) mass is 393 g/mol. The van der Waals surface area contributed by atoms with Crippen LogP contribution in [0.1, 0.15) is 61.5 Å². The summed E-state index contributed by atoms with van der Waals surface area (Å²) in [6.07, 6.45) is 4.54. The number of nitrogens with one attached hydrogen (secondary N) is 2. The Morgan fingerprint density at radius 3 is 2.07 bits per heavy atom. The molecule has 0 spiro atoms. The van der Waals surface area contributed by atoms with Crippen molar-refractivity contribution < 1.29 is 9.59 Å². The molecule has 0 bridgehead atoms. The van der Waals surface area contributed by atoms with Crippen molar-refractivity contribution in [1.82, 2.24) is 10.2 Å². The second-order valence-corrected chi connectivity index (χ2v) is 8.01. The molecule has 3 amide bonds. The summed E-state index contributed by atoms with van der Waals surface area (Å²) >= 11 is 0. The molecular weight excluding hydrogens is 362 g/mol. The minimum Gasteiger partial charge on any atom is -0.339 e. The number of amides is 3. The maximum absolute atomic E-state index is 12.7. The van der Waals surface area contributed by atoms with E-state index in [9.17, 15) is 9.59 Å². The number of hydrogen-bond acceptors (Lipinski definition) is 2. The lowest BCUT2D eigenvalue weighted by molar-refractivity contribution is 0.0761. The normalized spacial score (nSPS) is 15.5. The fourth-order valence-corrected chi connectivity index (χ4v) is 3.76. The van der Waals surface area contributed by atoms with Crippen LogP contribution in [-0.2, 0) is 0 Å². The van der Waals surface area contributed by atoms with Gasteiger partial charge in [-0.2, -0.15) is 0 Å². The lowest BCUT2D eigenvalue weighted by atomic mass is 9.96. The van der Waals surface area contributed by atoms with Gasteiger partial charge < -0.3 is 15.5 Å². The van der Waals surface area contributed by atoms with Gasteiger partial charge in [0.2, 0.25) is 0 Å². The van der Waals surface area contributed by atoms with Crippen LogP contribution in [0.2, 0.25) is 0 Å². The Morgan fingerprint density at radius 2 is 1.48 bits per heavy atom. The first-order valence-corrected chi connectivity index (χ1v) is 10.6. The van der Waals surface area contributed by atoms with Gasteiger partial charge in [0.25, 0.3) is 5.91 Å². The van der Waals surface area contributed by atoms with Crippen molar-refractivity contribution in [3.8, 4) is 0 Å². The zero-order valence-corrected chi connectivity index (χ0v) is 17.4. The van der Waals surface area contributed by atoms with E-state index in [1.807, 2.05) is 35.2 Å². The molecule has 2 N–H and O–H groups in total. The van der Waals surface area contributed by atoms with Crippen molar-refractivity contribution >= 4 is 17.6 Å². The van der Waals surface area contributed by atoms with Gasteiger partial charge in [0, 0.05) is 24.3 Å². The smallest absolute Gasteiger partial charge is 0.319 e. The van der Waals surface area contributed by atoms with Crippen LogP contribution in [0.5, 0.6) is 0 Å². The third-order valence-corrected chi connectivity index (χ3v) is 5.39. The van der Waals surface area contributed by atoms with Gasteiger partial charge in [0.15, 0.2) is 0 Å². The lowest BCUT2D eigenvalue weighted by Crippen LogP contribution is -2.35. The quantitative estimate of drug-likeness (QED) is 0.731. The number of benzene rings is 2. The Hall–Kier alpha value is -2.82. The Labute approximate surface area is 173 Å². The van der Waals surface area contributed by atoms with Gasteiger partial charge in [-0.1, -0.05) is 57.0 Å². The number of hydrogen-bond donors (Lipinski definition) is 2. The van der Waals surface area contributed by atoms with E-state index in [0.29, 0.717) is 11.3 Å². The molecule has 1 unspecified atom stereocenters. The third-order valence-electron chi connectivity index (χ3n) is 5.39. The molecule has 0 saturated carbocycles. The zero-order valence-electron chi connectivity index (χ0n) is 17.4. The summed E-state index contributed by atoms with van der Waals surface area (Å²) in [5.41, 5.74) is 2.42. The topological polar surface area (TPSA) is 61.4 Å². The van der Waals surface area contributed by atoms with E-state index in [0.717, 1.165) is 31.5 Å². The van der Waals surface area contributed by atoms with E-state index in [-0.39, 0.29) is 23.9 Å². The summed E-state index contributed by atoms with van der Waals surface area (Å²) in [7, 11) is 0. The van der Waals surface area contributed by atoms with Gasteiger partial charge in [0.05, 0.1) is 6.04 Å². The Kier molecular flexibility index (Phi) is 7.28. The molecule has 3 rings (SSSR count). The van der Waals surface area contributed by atoms with E-state index in [1.165, 1.54) is 12.8 Å². The molecule has 0 radical (unpaired) electrons. The molecule has 1 saturated heterocycles. The predicted molar refractivity (Wildman–Crippen MR) is 117 cm³/mol. The largest absolute Gasteiger partial charge is 0.339 e. The molecule has 1 fully saturated rings. The number of urea groups is 1. The highest BCUT2D eigenvalue weighted by molar-refractivity contribution is 5.95. The SMILES string of the molecule is CC(C)C(NC(=O)Nc1ccc(C(=O)N2CCCCCC2)cc1)c1ccccc1. The highest BCUT2D eigenvalue weighted by Gasteiger charge is 2.19. The molecule has 5 nitrogen and oxygen atoms in total. The average Bonchev–Trinajstić information content (AvgIpc) is 3.02. The van der Waals surface area contributed by atoms with Crippen molar-refractivity contribution in [2.45, 2.75) is 45.6 Å². The number of likely N-dealkylation sites (tertiary alicyclic amines) is 1. The van der Waals surface area contributed by atoms with Gasteiger partial charge in [-0.15, -0.1) is 0 Å². The fraction of sp³-hybridized carbons (Fsp3) is 0.417. The molecule has 154 valence electrons. The molecule has 0 aromatic heterocycles. The van der Waals surface area contributed by atoms with E-state index in [2.05, 4.69) is 24.5 Å². The highest BCUT2D eigenvalue weighted by atomic mass is 16.2. The molecule has 29 heavy (non-hydrogen) atoms. The Morgan fingerprint density at radius 1 is 0.862 bits per heavy atom. The molecule has 1 aliphatic heterocycles. The van der Waals surface area contributed by atoms with Crippen LogP contribution in [0.15, 0.2) is 54.6 Å². The highest BCUT2D eigenvalue weighted by Crippen LogP contribution is 2.22. The van der Waals surface area contributed by atoms with Gasteiger partial charge in [-0.05, 0) is 48.6 Å². The minimum absolute atomic E-state index is 0.0694. The van der Waals surface area contributed by atoms with Crippen molar-refractivity contribution in [3.05, 3.63) is 65.7 Å². The number of carbonyl (C=O) groups is 2. The second kappa shape index (κ2) is 10.1. The summed E-state index contributed by atoms with van der Waals surface area (Å²) in [6, 6.07) is 16.8. The maximum atomic E-state index is 12.7. The van der Waals surface area contributed by atoms with Crippen molar-refractivity contribution in [1.29, 1.82) is 0 Å². The van der Waals surface area contributed by atoms with Crippen LogP contribution in [0.4, 0.5) is 10.5 Å². The van der Waals surface area contributed by atoms with Gasteiger partial charge in [-0.25, -0.2) is 4.79 Å². The van der Waals surface area contributed by atoms with E-state index in [4.69, 9.17) is 0 Å². The summed E-state index contributed by atoms with van der Waals surface area (Å²) in [4.78, 5) is 27.1. The number of carbonyl (C=O) groups excluding carboxylic acids is 2. The van der Waals surface area contributed by atoms with Crippen LogP contribution < -0.4 is 10.6 Å². The first kappa shape index (κ1) is 20.9. The summed E-state index contributed by atoms with van der Waals surface area (Å²) in [6.45, 7) is 5.83. The van der Waals surface area contributed by atoms with E-state index < -0.39 is 0 Å². The fourth-order valence-electron chi connectivity index (χ4n) is 3.76. The van der Waals surface area contributed by atoms with Crippen LogP contribution in [0.3, 0.4) is 0 Å². The van der Waals surface area contributed by atoms with Gasteiger partial charge in [0.1, 0.15) is 0 Å². The first-order chi connectivity index (χ1) is 14.0. The van der Waals surface area contributed by atoms with Crippen molar-refractivity contribution in [2.75, 3.05) is 18.4 Å². The summed E-state index contributed by atoms with van der Waals surface area (Å²) in [5.74, 6) is 0.337. The lowest BCUT2D eigenvalue weighted by Gasteiger charge is -2.23. The Balaban J connectivity index is 1.60. The van der Waals surface area contributed by atoms with Gasteiger partial charge in [-0.3, -0.25) is 4.79 Å². The minimum atomic E-state index is -0.251. The average molecular weight is 394 g/mol. The van der Waals surface area contributed by atoms with Crippen molar-refractivity contribution in [3.63, 3.8) is 0 Å². The standard InChI is InChI=1S/C24H31N3O2/c1-18(2)22(19-10-6-5-7-11-19)26-24(29)25-21-14-12-20(13-15-21)23(28)27-16-8-3-4-9-17-27/h5-7,10-15,18,22H,3-4,8-9,16-17H2,1-2H3,(H2,25,26,29). The number of anilines is 1. The maximum Gasteiger partial charge on any atom is 0.319 e. The summed E-state index contributed by atoms with van der Waals surface area (Å²) < 4.78 is 0. The van der Waals surface area contributed by atoms with E-state index in [1.54, 1.807) is 24.3 Å². The molecule has 2 aromatic carbocycles. The molecule has 0 aliphatic carbocycles. The molecule has 5 heteroatoms. The first-order valence-electron chi connectivity index (χ1n) is 10.6. The van der Waals surface area contributed by atoms with Crippen LogP contribution >= 0.6 is 0 Å². The molecule has 1 atom stereocenters. The molecule has 2 aromatic rings. The molecule has 1 aliphatic rings.